The molecule has 4 nitrogen and oxygen atoms in total. The summed E-state index contributed by atoms with van der Waals surface area (Å²) in [7, 11) is 0. The Morgan fingerprint density at radius 2 is 1.43 bits per heavy atom. The number of nitrogens with zero attached hydrogens (tertiary/aromatic N) is 1. The topological polar surface area (TPSA) is 54.5 Å². The van der Waals surface area contributed by atoms with Crippen LogP contribution in [0, 0.1) is 12.3 Å². The lowest BCUT2D eigenvalue weighted by atomic mass is 9.64. The van der Waals surface area contributed by atoms with Crippen LogP contribution < -0.4 is 4.90 Å². The number of aryl methyl sites for hydroxylation is 1. The van der Waals surface area contributed by atoms with Gasteiger partial charge < -0.3 is 4.90 Å². The Kier molecular flexibility index (Phi) is 5.67. The molecule has 4 aromatic rings. The maximum absolute atomic E-state index is 14.6. The van der Waals surface area contributed by atoms with Crippen molar-refractivity contribution in [2.45, 2.75) is 31.1 Å². The summed E-state index contributed by atoms with van der Waals surface area (Å²) in [6.07, 6.45) is -0.911. The van der Waals surface area contributed by atoms with Gasteiger partial charge in [-0.05, 0) is 41.8 Å². The summed E-state index contributed by atoms with van der Waals surface area (Å²) in [6.45, 7) is 1.92. The number of ketones is 3. The smallest absolute Gasteiger partial charge is 0.352 e. The number of fused-ring (bicyclic) bond motifs is 5. The number of anilines is 1. The monoisotopic (exact) mass is 563 g/mol. The van der Waals surface area contributed by atoms with Crippen LogP contribution in [0.1, 0.15) is 59.2 Å². The van der Waals surface area contributed by atoms with Crippen molar-refractivity contribution < 1.29 is 27.6 Å². The van der Waals surface area contributed by atoms with Gasteiger partial charge in [0.2, 0.25) is 0 Å². The number of carbonyl (C=O) groups excluding carboxylic acids is 3. The molecular weight excluding hydrogens is 539 g/mol. The van der Waals surface area contributed by atoms with Crippen LogP contribution in [0.25, 0.3) is 6.08 Å². The lowest BCUT2D eigenvalue weighted by Gasteiger charge is -2.37. The maximum Gasteiger partial charge on any atom is 0.416 e. The molecule has 7 rings (SSSR count). The molecule has 208 valence electrons. The van der Waals surface area contributed by atoms with E-state index in [1.54, 1.807) is 60.7 Å². The second-order valence-electron chi connectivity index (χ2n) is 11.1. The van der Waals surface area contributed by atoms with Gasteiger partial charge in [0, 0.05) is 28.3 Å². The summed E-state index contributed by atoms with van der Waals surface area (Å²) >= 11 is 0. The van der Waals surface area contributed by atoms with Crippen LogP contribution in [0.15, 0.2) is 103 Å². The van der Waals surface area contributed by atoms with Gasteiger partial charge in [0.15, 0.2) is 17.3 Å². The molecule has 4 aromatic carbocycles. The van der Waals surface area contributed by atoms with E-state index in [4.69, 9.17) is 0 Å². The number of hydrogen-bond acceptors (Lipinski definition) is 4. The average molecular weight is 564 g/mol. The first kappa shape index (κ1) is 26.1. The Morgan fingerprint density at radius 1 is 0.810 bits per heavy atom. The first-order chi connectivity index (χ1) is 20.1. The predicted octanol–water partition coefficient (Wildman–Crippen LogP) is 7.33. The van der Waals surface area contributed by atoms with Gasteiger partial charge in [-0.1, -0.05) is 91.0 Å². The first-order valence-electron chi connectivity index (χ1n) is 13.7. The van der Waals surface area contributed by atoms with E-state index >= 15 is 0 Å². The number of Topliss-reactive ketones (excluding diaryl/α,β-unsaturated/α-hetero) is 3. The van der Waals surface area contributed by atoms with Crippen molar-refractivity contribution in [2.24, 2.45) is 5.41 Å². The van der Waals surface area contributed by atoms with E-state index in [9.17, 15) is 27.6 Å². The first-order valence-corrected chi connectivity index (χ1v) is 13.7. The third-order valence-corrected chi connectivity index (χ3v) is 8.89. The van der Waals surface area contributed by atoms with Gasteiger partial charge in [0.1, 0.15) is 11.5 Å². The summed E-state index contributed by atoms with van der Waals surface area (Å²) in [4.78, 5) is 45.6. The standard InChI is InChI=1S/C35H24F3NO3/c1-20-11-12-21-15-18-28-34(32(41)25-9-5-6-10-26(25)33(34)42)29(22-13-16-24(17-14-22)35(36,37)38)30(39(28)27(21)19-20)31(40)23-7-3-2-4-8-23/h2-19,28-30H,1H3/t28-,29-,30-/m1/s1. The highest BCUT2D eigenvalue weighted by Gasteiger charge is 2.71. The van der Waals surface area contributed by atoms with E-state index in [0.29, 0.717) is 16.8 Å². The number of carbonyl (C=O) groups is 3. The zero-order chi connectivity index (χ0) is 29.4. The quantitative estimate of drug-likeness (QED) is 0.194. The number of hydrogen-bond donors (Lipinski definition) is 0. The zero-order valence-corrected chi connectivity index (χ0v) is 22.4. The van der Waals surface area contributed by atoms with Crippen molar-refractivity contribution in [2.75, 3.05) is 4.90 Å². The van der Waals surface area contributed by atoms with Crippen LogP contribution in [0.2, 0.25) is 0 Å². The zero-order valence-electron chi connectivity index (χ0n) is 22.4. The Hall–Kier alpha value is -4.78. The normalized spacial score (nSPS) is 21.8. The van der Waals surface area contributed by atoms with E-state index < -0.39 is 46.7 Å². The molecule has 42 heavy (non-hydrogen) atoms. The van der Waals surface area contributed by atoms with Gasteiger partial charge in [-0.3, -0.25) is 14.4 Å². The van der Waals surface area contributed by atoms with Crippen molar-refractivity contribution in [3.05, 3.63) is 142 Å². The van der Waals surface area contributed by atoms with Gasteiger partial charge in [0.05, 0.1) is 11.6 Å². The molecule has 1 saturated heterocycles. The molecular formula is C35H24F3NO3. The van der Waals surface area contributed by atoms with Crippen molar-refractivity contribution in [3.63, 3.8) is 0 Å². The Balaban J connectivity index is 1.54. The number of alkyl halides is 3. The fraction of sp³-hybridized carbons (Fsp3) is 0.171. The van der Waals surface area contributed by atoms with Gasteiger partial charge in [0.25, 0.3) is 0 Å². The molecule has 0 radical (unpaired) electrons. The second-order valence-corrected chi connectivity index (χ2v) is 11.1. The molecule has 7 heteroatoms. The van der Waals surface area contributed by atoms with Crippen LogP contribution in [0.4, 0.5) is 18.9 Å². The highest BCUT2D eigenvalue weighted by Crippen LogP contribution is 2.61. The Morgan fingerprint density at radius 3 is 2.05 bits per heavy atom. The highest BCUT2D eigenvalue weighted by molar-refractivity contribution is 6.32. The Bertz CT molecular complexity index is 1770. The molecule has 0 bridgehead atoms. The van der Waals surface area contributed by atoms with E-state index in [1.165, 1.54) is 12.1 Å². The average Bonchev–Trinajstić information content (AvgIpc) is 3.43. The van der Waals surface area contributed by atoms with Crippen molar-refractivity contribution in [3.8, 4) is 0 Å². The van der Waals surface area contributed by atoms with Gasteiger partial charge in [-0.15, -0.1) is 0 Å². The molecule has 3 aliphatic rings. The highest BCUT2D eigenvalue weighted by atomic mass is 19.4. The van der Waals surface area contributed by atoms with E-state index in [-0.39, 0.29) is 16.9 Å². The number of halogens is 3. The van der Waals surface area contributed by atoms with Crippen LogP contribution in [-0.2, 0) is 6.18 Å². The minimum atomic E-state index is -4.57. The van der Waals surface area contributed by atoms with Crippen molar-refractivity contribution in [1.29, 1.82) is 0 Å². The largest absolute Gasteiger partial charge is 0.416 e. The molecule has 0 amide bonds. The third kappa shape index (κ3) is 3.52. The van der Waals surface area contributed by atoms with E-state index in [0.717, 1.165) is 23.3 Å². The molecule has 0 N–H and O–H groups in total. The van der Waals surface area contributed by atoms with E-state index in [2.05, 4.69) is 0 Å². The minimum absolute atomic E-state index is 0.260. The van der Waals surface area contributed by atoms with Crippen LogP contribution in [0.5, 0.6) is 0 Å². The van der Waals surface area contributed by atoms with Crippen molar-refractivity contribution >= 4 is 29.1 Å². The predicted molar refractivity (Wildman–Crippen MR) is 153 cm³/mol. The summed E-state index contributed by atoms with van der Waals surface area (Å²) in [5.41, 5.74) is 1.05. The fourth-order valence-electron chi connectivity index (χ4n) is 7.10. The SMILES string of the molecule is Cc1ccc2c(c1)N1[C@@H](C(=O)c3ccccc3)[C@@H](c3ccc(C(F)(F)F)cc3)C3(C(=O)c4ccccc4C3=O)[C@H]1C=C2. The molecule has 1 aliphatic carbocycles. The number of rotatable bonds is 3. The number of benzene rings is 4. The molecule has 1 spiro atoms. The molecule has 0 saturated carbocycles. The molecule has 1 fully saturated rings. The van der Waals surface area contributed by atoms with Gasteiger partial charge in [-0.25, -0.2) is 0 Å². The van der Waals surface area contributed by atoms with Gasteiger partial charge >= 0.3 is 6.18 Å². The molecule has 2 aliphatic heterocycles. The molecule has 0 aromatic heterocycles. The van der Waals surface area contributed by atoms with Gasteiger partial charge in [-0.2, -0.15) is 13.2 Å². The minimum Gasteiger partial charge on any atom is -0.352 e. The molecule has 3 atom stereocenters. The fourth-order valence-corrected chi connectivity index (χ4v) is 7.10. The van der Waals surface area contributed by atoms with Crippen LogP contribution in [-0.4, -0.2) is 29.4 Å². The lowest BCUT2D eigenvalue weighted by Crippen LogP contribution is -2.48. The lowest BCUT2D eigenvalue weighted by molar-refractivity contribution is -0.137. The Labute approximate surface area is 240 Å². The second kappa shape index (κ2) is 9.11. The third-order valence-electron chi connectivity index (χ3n) is 8.89. The van der Waals surface area contributed by atoms with Crippen LogP contribution >= 0.6 is 0 Å². The summed E-state index contributed by atoms with van der Waals surface area (Å²) < 4.78 is 40.8. The summed E-state index contributed by atoms with van der Waals surface area (Å²) in [6, 6.07) is 23.6. The molecule has 0 unspecified atom stereocenters. The maximum atomic E-state index is 14.6. The van der Waals surface area contributed by atoms with Crippen LogP contribution in [0.3, 0.4) is 0 Å². The molecule has 2 heterocycles. The van der Waals surface area contributed by atoms with E-state index in [1.807, 2.05) is 36.1 Å². The summed E-state index contributed by atoms with van der Waals surface area (Å²) in [5.74, 6) is -2.23. The van der Waals surface area contributed by atoms with Crippen molar-refractivity contribution in [1.82, 2.24) is 0 Å². The summed E-state index contributed by atoms with van der Waals surface area (Å²) in [5, 5.41) is 0.